The number of methoxy groups -OCH3 is 1. The molecule has 3 heterocycles. The Bertz CT molecular complexity index is 1450. The van der Waals surface area contributed by atoms with E-state index >= 15 is 0 Å². The lowest BCUT2D eigenvalue weighted by molar-refractivity contribution is 0.0600. The lowest BCUT2D eigenvalue weighted by Gasteiger charge is -2.28. The van der Waals surface area contributed by atoms with Crippen LogP contribution in [-0.2, 0) is 4.74 Å². The molecule has 0 radical (unpaired) electrons. The third kappa shape index (κ3) is 4.16. The predicted octanol–water partition coefficient (Wildman–Crippen LogP) is 5.76. The van der Waals surface area contributed by atoms with Crippen molar-refractivity contribution in [1.82, 2.24) is 14.9 Å². The second-order valence-electron chi connectivity index (χ2n) is 9.04. The van der Waals surface area contributed by atoms with Crippen LogP contribution in [0.5, 0.6) is 0 Å². The summed E-state index contributed by atoms with van der Waals surface area (Å²) in [6.07, 6.45) is 1.81. The van der Waals surface area contributed by atoms with Crippen molar-refractivity contribution in [3.63, 3.8) is 0 Å². The van der Waals surface area contributed by atoms with Crippen molar-refractivity contribution in [2.45, 2.75) is 32.9 Å². The molecule has 2 aromatic heterocycles. The fraction of sp³-hybridized carbons (Fsp3) is 0.207. The number of nitrogens with one attached hydrogen (secondary N) is 1. The summed E-state index contributed by atoms with van der Waals surface area (Å²) in [5.41, 5.74) is 7.83. The third-order valence-corrected chi connectivity index (χ3v) is 7.01. The van der Waals surface area contributed by atoms with Crippen LogP contribution in [0, 0.1) is 20.8 Å². The second kappa shape index (κ2) is 9.59. The summed E-state index contributed by atoms with van der Waals surface area (Å²) < 4.78 is 7.11. The van der Waals surface area contributed by atoms with Crippen LogP contribution in [-0.4, -0.2) is 27.7 Å². The van der Waals surface area contributed by atoms with E-state index in [1.807, 2.05) is 42.6 Å². The van der Waals surface area contributed by atoms with Gasteiger partial charge in [0.2, 0.25) is 0 Å². The number of carbonyl (C=O) groups is 1. The van der Waals surface area contributed by atoms with Gasteiger partial charge in [-0.1, -0.05) is 24.3 Å². The summed E-state index contributed by atoms with van der Waals surface area (Å²) in [6, 6.07) is 23.8. The molecule has 5 rings (SSSR count). The molecule has 0 saturated carbocycles. The maximum atomic E-state index is 12.2. The van der Waals surface area contributed by atoms with E-state index in [1.165, 1.54) is 12.7 Å². The van der Waals surface area contributed by atoms with Crippen molar-refractivity contribution in [2.75, 3.05) is 12.0 Å². The number of ether oxygens (including phenoxy) is 1. The Balaban J connectivity index is 1.67. The molecule has 1 aliphatic rings. The molecule has 4 aromatic rings. The smallest absolute Gasteiger partial charge is 0.337 e. The highest BCUT2D eigenvalue weighted by Crippen LogP contribution is 2.43. The standard InChI is InChI=1S/C29H28N4O2S/c1-18-9-7-11-22(15-18)33-27(26(31-29(33)36)25-13-5-6-14-30-25)24-16-19(2)32(20(24)3)23-12-8-10-21(17-23)28(34)35-4/h5-17,26-27H,1-4H3,(H,31,36)/t26-,27+/m0/s1. The molecule has 2 atom stereocenters. The van der Waals surface area contributed by atoms with Crippen LogP contribution in [0.25, 0.3) is 5.69 Å². The van der Waals surface area contributed by atoms with Gasteiger partial charge in [-0.25, -0.2) is 4.79 Å². The minimum absolute atomic E-state index is 0.113. The molecule has 0 bridgehead atoms. The van der Waals surface area contributed by atoms with Crippen molar-refractivity contribution in [2.24, 2.45) is 0 Å². The Hall–Kier alpha value is -3.97. The minimum atomic E-state index is -0.356. The van der Waals surface area contributed by atoms with E-state index in [0.29, 0.717) is 10.7 Å². The van der Waals surface area contributed by atoms with Crippen molar-refractivity contribution in [3.05, 3.63) is 113 Å². The zero-order valence-electron chi connectivity index (χ0n) is 20.7. The molecule has 6 nitrogen and oxygen atoms in total. The average Bonchev–Trinajstić information content (AvgIpc) is 3.39. The number of anilines is 1. The molecule has 0 unspecified atom stereocenters. The SMILES string of the molecule is COC(=O)c1cccc(-n2c(C)cc([C@@H]3[C@H](c4ccccn4)NC(=S)N3c3cccc(C)c3)c2C)c1. The van der Waals surface area contributed by atoms with Gasteiger partial charge in [0.05, 0.1) is 30.5 Å². The number of rotatable bonds is 5. The molecule has 1 aliphatic heterocycles. The van der Waals surface area contributed by atoms with E-state index in [0.717, 1.165) is 34.0 Å². The lowest BCUT2D eigenvalue weighted by Crippen LogP contribution is -2.29. The van der Waals surface area contributed by atoms with Crippen LogP contribution >= 0.6 is 12.2 Å². The number of carbonyl (C=O) groups excluding carboxylic acids is 1. The van der Waals surface area contributed by atoms with Crippen molar-refractivity contribution in [1.29, 1.82) is 0 Å². The number of thiocarbonyl (C=S) groups is 1. The van der Waals surface area contributed by atoms with Gasteiger partial charge in [-0.2, -0.15) is 0 Å². The summed E-state index contributed by atoms with van der Waals surface area (Å²) in [5, 5.41) is 4.20. The van der Waals surface area contributed by atoms with Gasteiger partial charge in [-0.05, 0) is 92.6 Å². The highest BCUT2D eigenvalue weighted by Gasteiger charge is 2.42. The van der Waals surface area contributed by atoms with Crippen molar-refractivity contribution in [3.8, 4) is 5.69 Å². The maximum absolute atomic E-state index is 12.2. The minimum Gasteiger partial charge on any atom is -0.465 e. The first kappa shape index (κ1) is 23.8. The van der Waals surface area contributed by atoms with Crippen molar-refractivity contribution >= 4 is 29.0 Å². The highest BCUT2D eigenvalue weighted by molar-refractivity contribution is 7.80. The molecule has 2 aromatic carbocycles. The van der Waals surface area contributed by atoms with Crippen LogP contribution in [0.1, 0.15) is 50.7 Å². The Morgan fingerprint density at radius 1 is 0.972 bits per heavy atom. The fourth-order valence-corrected chi connectivity index (χ4v) is 5.45. The topological polar surface area (TPSA) is 59.4 Å². The highest BCUT2D eigenvalue weighted by atomic mass is 32.1. The van der Waals surface area contributed by atoms with E-state index in [9.17, 15) is 4.79 Å². The van der Waals surface area contributed by atoms with Crippen LogP contribution in [0.4, 0.5) is 5.69 Å². The molecule has 1 fully saturated rings. The van der Waals surface area contributed by atoms with Crippen LogP contribution in [0.2, 0.25) is 0 Å². The predicted molar refractivity (Wildman–Crippen MR) is 146 cm³/mol. The van der Waals surface area contributed by atoms with Gasteiger partial charge in [-0.15, -0.1) is 0 Å². The monoisotopic (exact) mass is 496 g/mol. The van der Waals surface area contributed by atoms with Gasteiger partial charge >= 0.3 is 5.97 Å². The Labute approximate surface area is 216 Å². The number of hydrogen-bond donors (Lipinski definition) is 1. The van der Waals surface area contributed by atoms with Gasteiger partial charge in [0.15, 0.2) is 5.11 Å². The Kier molecular flexibility index (Phi) is 6.33. The molecule has 0 spiro atoms. The number of benzene rings is 2. The van der Waals surface area contributed by atoms with Gasteiger partial charge in [0.1, 0.15) is 0 Å². The first-order valence-corrected chi connectivity index (χ1v) is 12.2. The molecule has 182 valence electrons. The largest absolute Gasteiger partial charge is 0.465 e. The first-order chi connectivity index (χ1) is 17.4. The number of nitrogens with zero attached hydrogens (tertiary/aromatic N) is 3. The molecule has 0 aliphatic carbocycles. The summed E-state index contributed by atoms with van der Waals surface area (Å²) in [4.78, 5) is 19.0. The number of pyridine rings is 1. The Morgan fingerprint density at radius 3 is 2.47 bits per heavy atom. The maximum Gasteiger partial charge on any atom is 0.337 e. The molecule has 1 saturated heterocycles. The lowest BCUT2D eigenvalue weighted by atomic mass is 9.96. The summed E-state index contributed by atoms with van der Waals surface area (Å²) in [5.74, 6) is -0.356. The van der Waals surface area contributed by atoms with E-state index in [1.54, 1.807) is 6.07 Å². The van der Waals surface area contributed by atoms with E-state index in [4.69, 9.17) is 17.0 Å². The normalized spacial score (nSPS) is 17.2. The summed E-state index contributed by atoms with van der Waals surface area (Å²) in [6.45, 7) is 6.27. The number of hydrogen-bond acceptors (Lipinski definition) is 4. The van der Waals surface area contributed by atoms with Gasteiger partial charge in [0.25, 0.3) is 0 Å². The van der Waals surface area contributed by atoms with Crippen molar-refractivity contribution < 1.29 is 9.53 Å². The number of aromatic nitrogens is 2. The van der Waals surface area contributed by atoms with Crippen LogP contribution in [0.15, 0.2) is 79.0 Å². The van der Waals surface area contributed by atoms with Gasteiger partial charge < -0.3 is 19.5 Å². The number of aryl methyl sites for hydroxylation is 2. The molecule has 36 heavy (non-hydrogen) atoms. The Morgan fingerprint density at radius 2 is 1.75 bits per heavy atom. The summed E-state index contributed by atoms with van der Waals surface area (Å²) >= 11 is 5.88. The molecule has 7 heteroatoms. The summed E-state index contributed by atoms with van der Waals surface area (Å²) in [7, 11) is 1.40. The van der Waals surface area contributed by atoms with Crippen LogP contribution < -0.4 is 10.2 Å². The van der Waals surface area contributed by atoms with Gasteiger partial charge in [-0.3, -0.25) is 4.98 Å². The zero-order chi connectivity index (χ0) is 25.4. The van der Waals surface area contributed by atoms with E-state index < -0.39 is 0 Å². The molecule has 0 amide bonds. The van der Waals surface area contributed by atoms with Gasteiger partial charge in [0, 0.05) is 29.0 Å². The second-order valence-corrected chi connectivity index (χ2v) is 9.43. The first-order valence-electron chi connectivity index (χ1n) is 11.8. The molecule has 1 N–H and O–H groups in total. The molecular formula is C29H28N4O2S. The van der Waals surface area contributed by atoms with E-state index in [2.05, 4.69) is 70.9 Å². The zero-order valence-corrected chi connectivity index (χ0v) is 21.5. The van der Waals surface area contributed by atoms with Crippen LogP contribution in [0.3, 0.4) is 0 Å². The molecular weight excluding hydrogens is 468 g/mol. The average molecular weight is 497 g/mol. The fourth-order valence-electron chi connectivity index (χ4n) is 5.10. The van der Waals surface area contributed by atoms with E-state index in [-0.39, 0.29) is 18.1 Å². The number of esters is 1. The quantitative estimate of drug-likeness (QED) is 0.280. The third-order valence-electron chi connectivity index (χ3n) is 6.69.